The summed E-state index contributed by atoms with van der Waals surface area (Å²) in [5.74, 6) is -0.733. The number of urea groups is 1. The molecular weight excluding hydrogens is 301 g/mol. The topological polar surface area (TPSA) is 71.0 Å². The summed E-state index contributed by atoms with van der Waals surface area (Å²) >= 11 is 0. The number of benzene rings is 1. The second kappa shape index (κ2) is 5.98. The molecule has 0 aromatic heterocycles. The lowest BCUT2D eigenvalue weighted by molar-refractivity contribution is -0.132. The van der Waals surface area contributed by atoms with Crippen molar-refractivity contribution in [2.24, 2.45) is 5.10 Å². The van der Waals surface area contributed by atoms with Crippen molar-refractivity contribution in [2.45, 2.75) is 37.6 Å². The first kappa shape index (κ1) is 15.5. The molecule has 7 heteroatoms. The average Bonchev–Trinajstić information content (AvgIpc) is 2.77. The van der Waals surface area contributed by atoms with Gasteiger partial charge in [-0.3, -0.25) is 4.79 Å². The molecule has 3 rings (SSSR count). The minimum absolute atomic E-state index is 0.123. The molecule has 23 heavy (non-hydrogen) atoms. The van der Waals surface area contributed by atoms with E-state index in [0.29, 0.717) is 18.4 Å². The Morgan fingerprint density at radius 3 is 2.70 bits per heavy atom. The van der Waals surface area contributed by atoms with Crippen LogP contribution in [-0.4, -0.2) is 35.8 Å². The van der Waals surface area contributed by atoms with E-state index in [0.717, 1.165) is 24.3 Å². The van der Waals surface area contributed by atoms with Gasteiger partial charge in [-0.1, -0.05) is 19.3 Å². The minimum Gasteiger partial charge on any atom is -0.494 e. The normalized spacial score (nSPS) is 20.3. The number of imide groups is 1. The third kappa shape index (κ3) is 2.78. The number of carbonyl (C=O) groups is 2. The largest absolute Gasteiger partial charge is 0.494 e. The number of amides is 3. The first-order chi connectivity index (χ1) is 11.1. The van der Waals surface area contributed by atoms with Crippen molar-refractivity contribution >= 4 is 18.2 Å². The van der Waals surface area contributed by atoms with Crippen molar-refractivity contribution in [2.75, 3.05) is 7.11 Å². The van der Waals surface area contributed by atoms with E-state index in [4.69, 9.17) is 4.74 Å². The standard InChI is InChI=1S/C16H18FN3O3/c1-23-13-6-5-11(9-12(13)17)10-18-20-14(21)16(19-15(20)22)7-3-2-4-8-16/h5-6,9-10H,2-4,7-8H2,1H3,(H,19,22)/b18-10-. The van der Waals surface area contributed by atoms with Gasteiger partial charge < -0.3 is 10.1 Å². The second-order valence-corrected chi connectivity index (χ2v) is 5.83. The molecule has 3 amide bonds. The lowest BCUT2D eigenvalue weighted by Gasteiger charge is -2.29. The van der Waals surface area contributed by atoms with Crippen molar-refractivity contribution in [3.8, 4) is 5.75 Å². The summed E-state index contributed by atoms with van der Waals surface area (Å²) in [5.41, 5.74) is -0.369. The predicted molar refractivity (Wildman–Crippen MR) is 81.7 cm³/mol. The Labute approximate surface area is 133 Å². The summed E-state index contributed by atoms with van der Waals surface area (Å²) < 4.78 is 18.5. The van der Waals surface area contributed by atoms with Crippen LogP contribution in [0.15, 0.2) is 23.3 Å². The summed E-state index contributed by atoms with van der Waals surface area (Å²) in [6.45, 7) is 0. The van der Waals surface area contributed by atoms with Crippen LogP contribution in [0.1, 0.15) is 37.7 Å². The van der Waals surface area contributed by atoms with Gasteiger partial charge in [0.25, 0.3) is 5.91 Å². The molecule has 2 fully saturated rings. The van der Waals surface area contributed by atoms with Crippen LogP contribution >= 0.6 is 0 Å². The predicted octanol–water partition coefficient (Wildman–Crippen LogP) is 2.42. The number of hydrazone groups is 1. The number of nitrogens with one attached hydrogen (secondary N) is 1. The van der Waals surface area contributed by atoms with E-state index in [9.17, 15) is 14.0 Å². The highest BCUT2D eigenvalue weighted by molar-refractivity contribution is 6.07. The van der Waals surface area contributed by atoms with Gasteiger partial charge in [0.15, 0.2) is 11.6 Å². The van der Waals surface area contributed by atoms with E-state index in [1.807, 2.05) is 0 Å². The summed E-state index contributed by atoms with van der Waals surface area (Å²) in [4.78, 5) is 24.5. The summed E-state index contributed by atoms with van der Waals surface area (Å²) in [6.07, 6.45) is 5.46. The first-order valence-corrected chi connectivity index (χ1v) is 7.60. The highest BCUT2D eigenvalue weighted by Crippen LogP contribution is 2.33. The molecule has 1 heterocycles. The Balaban J connectivity index is 1.78. The Morgan fingerprint density at radius 2 is 2.04 bits per heavy atom. The number of methoxy groups -OCH3 is 1. The molecule has 1 aromatic carbocycles. The zero-order valence-electron chi connectivity index (χ0n) is 12.8. The van der Waals surface area contributed by atoms with Gasteiger partial charge >= 0.3 is 6.03 Å². The molecule has 1 saturated carbocycles. The van der Waals surface area contributed by atoms with E-state index >= 15 is 0 Å². The van der Waals surface area contributed by atoms with Crippen LogP contribution in [0.4, 0.5) is 9.18 Å². The van der Waals surface area contributed by atoms with Gasteiger partial charge in [0, 0.05) is 0 Å². The van der Waals surface area contributed by atoms with Crippen molar-refractivity contribution in [3.63, 3.8) is 0 Å². The van der Waals surface area contributed by atoms with E-state index < -0.39 is 17.4 Å². The van der Waals surface area contributed by atoms with E-state index in [1.165, 1.54) is 25.5 Å². The average molecular weight is 319 g/mol. The lowest BCUT2D eigenvalue weighted by Crippen LogP contribution is -2.48. The van der Waals surface area contributed by atoms with Gasteiger partial charge in [0.1, 0.15) is 5.54 Å². The van der Waals surface area contributed by atoms with Crippen LogP contribution in [0.25, 0.3) is 0 Å². The molecule has 1 spiro atoms. The van der Waals surface area contributed by atoms with Crippen LogP contribution in [0.5, 0.6) is 5.75 Å². The van der Waals surface area contributed by atoms with Gasteiger partial charge in [-0.05, 0) is 36.6 Å². The monoisotopic (exact) mass is 319 g/mol. The van der Waals surface area contributed by atoms with Gasteiger partial charge in [0.05, 0.1) is 13.3 Å². The highest BCUT2D eigenvalue weighted by Gasteiger charge is 2.51. The molecule has 0 bridgehead atoms. The Morgan fingerprint density at radius 1 is 1.30 bits per heavy atom. The van der Waals surface area contributed by atoms with Crippen LogP contribution in [0, 0.1) is 5.82 Å². The van der Waals surface area contributed by atoms with Gasteiger partial charge in [0.2, 0.25) is 0 Å². The molecule has 0 unspecified atom stereocenters. The summed E-state index contributed by atoms with van der Waals surface area (Å²) in [5, 5.41) is 7.55. The lowest BCUT2D eigenvalue weighted by atomic mass is 9.82. The molecule has 0 atom stereocenters. The smallest absolute Gasteiger partial charge is 0.346 e. The number of carbonyl (C=O) groups excluding carboxylic acids is 2. The Kier molecular flexibility index (Phi) is 4.02. The number of rotatable bonds is 3. The number of hydrogen-bond acceptors (Lipinski definition) is 4. The van der Waals surface area contributed by atoms with Crippen LogP contribution in [0.3, 0.4) is 0 Å². The van der Waals surface area contributed by atoms with Crippen molar-refractivity contribution in [1.82, 2.24) is 10.3 Å². The number of ether oxygens (including phenoxy) is 1. The quantitative estimate of drug-likeness (QED) is 0.687. The molecule has 1 aromatic rings. The summed E-state index contributed by atoms with van der Waals surface area (Å²) in [7, 11) is 1.38. The number of nitrogens with zero attached hydrogens (tertiary/aromatic N) is 2. The molecule has 0 radical (unpaired) electrons. The number of hydrogen-bond donors (Lipinski definition) is 1. The maximum Gasteiger partial charge on any atom is 0.346 e. The third-order valence-corrected chi connectivity index (χ3v) is 4.35. The Hall–Kier alpha value is -2.44. The molecule has 1 N–H and O–H groups in total. The molecule has 1 aliphatic heterocycles. The molecular formula is C16H18FN3O3. The Bertz CT molecular complexity index is 669. The third-order valence-electron chi connectivity index (χ3n) is 4.35. The van der Waals surface area contributed by atoms with Crippen molar-refractivity contribution < 1.29 is 18.7 Å². The zero-order valence-corrected chi connectivity index (χ0v) is 12.8. The molecule has 2 aliphatic rings. The van der Waals surface area contributed by atoms with Crippen LogP contribution in [0.2, 0.25) is 0 Å². The van der Waals surface area contributed by atoms with Gasteiger partial charge in [-0.15, -0.1) is 5.01 Å². The SMILES string of the molecule is COc1ccc(/C=N\N2C(=O)NC3(CCCCC3)C2=O)cc1F. The fourth-order valence-electron chi connectivity index (χ4n) is 3.09. The highest BCUT2D eigenvalue weighted by atomic mass is 19.1. The molecule has 6 nitrogen and oxygen atoms in total. The van der Waals surface area contributed by atoms with Gasteiger partial charge in [-0.25, -0.2) is 9.18 Å². The van der Waals surface area contributed by atoms with Crippen molar-refractivity contribution in [3.05, 3.63) is 29.6 Å². The van der Waals surface area contributed by atoms with Crippen LogP contribution in [-0.2, 0) is 4.79 Å². The molecule has 1 aliphatic carbocycles. The molecule has 122 valence electrons. The second-order valence-electron chi connectivity index (χ2n) is 5.83. The minimum atomic E-state index is -0.808. The summed E-state index contributed by atoms with van der Waals surface area (Å²) in [6, 6.07) is 3.77. The maximum absolute atomic E-state index is 13.6. The fourth-order valence-corrected chi connectivity index (χ4v) is 3.09. The molecule has 1 saturated heterocycles. The van der Waals surface area contributed by atoms with E-state index in [2.05, 4.69) is 10.4 Å². The van der Waals surface area contributed by atoms with E-state index in [1.54, 1.807) is 6.07 Å². The van der Waals surface area contributed by atoms with Crippen molar-refractivity contribution in [1.29, 1.82) is 0 Å². The van der Waals surface area contributed by atoms with Gasteiger partial charge in [-0.2, -0.15) is 5.10 Å². The van der Waals surface area contributed by atoms with E-state index in [-0.39, 0.29) is 11.7 Å². The fraction of sp³-hybridized carbons (Fsp3) is 0.438. The zero-order chi connectivity index (χ0) is 16.4. The maximum atomic E-state index is 13.6. The number of halogens is 1. The van der Waals surface area contributed by atoms with Crippen LogP contribution < -0.4 is 10.1 Å². The first-order valence-electron chi connectivity index (χ1n) is 7.60.